The third kappa shape index (κ3) is 4.03. The third-order valence-electron chi connectivity index (χ3n) is 4.83. The van der Waals surface area contributed by atoms with Crippen LogP contribution < -0.4 is 0 Å². The van der Waals surface area contributed by atoms with Crippen LogP contribution in [-0.2, 0) is 9.59 Å². The van der Waals surface area contributed by atoms with E-state index in [4.69, 9.17) is 0 Å². The van der Waals surface area contributed by atoms with E-state index in [1.165, 1.54) is 5.56 Å². The lowest BCUT2D eigenvalue weighted by Crippen LogP contribution is -2.58. The summed E-state index contributed by atoms with van der Waals surface area (Å²) in [5.41, 5.74) is 1.21. The zero-order valence-corrected chi connectivity index (χ0v) is 14.2. The number of carbonyl (C=O) groups excluding carboxylic acids is 2. The largest absolute Gasteiger partial charge is 0.341 e. The minimum absolute atomic E-state index is 0.0124. The molecule has 5 heteroatoms. The van der Waals surface area contributed by atoms with Gasteiger partial charge in [0.25, 0.3) is 0 Å². The van der Waals surface area contributed by atoms with E-state index >= 15 is 0 Å². The molecule has 0 saturated carbocycles. The van der Waals surface area contributed by atoms with E-state index < -0.39 is 0 Å². The van der Waals surface area contributed by atoms with Gasteiger partial charge in [-0.05, 0) is 5.56 Å². The van der Waals surface area contributed by atoms with Crippen LogP contribution in [0.4, 0.5) is 0 Å². The topological polar surface area (TPSA) is 43.9 Å². The van der Waals surface area contributed by atoms with Gasteiger partial charge in [0.1, 0.15) is 0 Å². The summed E-state index contributed by atoms with van der Waals surface area (Å²) in [6.07, 6.45) is 4.33. The molecule has 2 saturated heterocycles. The van der Waals surface area contributed by atoms with E-state index in [0.29, 0.717) is 13.1 Å². The van der Waals surface area contributed by atoms with Crippen LogP contribution in [0.25, 0.3) is 6.08 Å². The lowest BCUT2D eigenvalue weighted by molar-refractivity contribution is -0.148. The Morgan fingerprint density at radius 2 is 1.71 bits per heavy atom. The smallest absolute Gasteiger partial charge is 0.229 e. The molecule has 2 heterocycles. The molecule has 128 valence electrons. The number of likely N-dealkylation sites (tertiary alicyclic amines) is 1. The molecule has 1 aromatic rings. The molecule has 2 aliphatic rings. The summed E-state index contributed by atoms with van der Waals surface area (Å²) < 4.78 is 0. The van der Waals surface area contributed by atoms with Crippen LogP contribution in [0.15, 0.2) is 36.4 Å². The van der Waals surface area contributed by atoms with Crippen molar-refractivity contribution >= 4 is 17.9 Å². The molecule has 2 aliphatic heterocycles. The number of rotatable bonds is 4. The predicted molar refractivity (Wildman–Crippen MR) is 94.2 cm³/mol. The maximum Gasteiger partial charge on any atom is 0.229 e. The SMILES string of the molecule is CC(=O)N1CC(C(=O)N2CCN(C/C=C/c3ccccc3)CC2)C1. The first-order chi connectivity index (χ1) is 11.6. The minimum Gasteiger partial charge on any atom is -0.341 e. The number of nitrogens with zero attached hydrogens (tertiary/aromatic N) is 3. The summed E-state index contributed by atoms with van der Waals surface area (Å²) in [6.45, 7) is 7.05. The second kappa shape index (κ2) is 7.62. The maximum atomic E-state index is 12.4. The normalized spacial score (nSPS) is 19.5. The zero-order valence-electron chi connectivity index (χ0n) is 14.2. The fraction of sp³-hybridized carbons (Fsp3) is 0.474. The number of amides is 2. The predicted octanol–water partition coefficient (Wildman–Crippen LogP) is 1.32. The van der Waals surface area contributed by atoms with Gasteiger partial charge in [-0.25, -0.2) is 0 Å². The molecule has 1 aromatic carbocycles. The second-order valence-electron chi connectivity index (χ2n) is 6.56. The summed E-state index contributed by atoms with van der Waals surface area (Å²) in [5.74, 6) is 0.291. The first-order valence-corrected chi connectivity index (χ1v) is 8.62. The van der Waals surface area contributed by atoms with Gasteiger partial charge >= 0.3 is 0 Å². The molecule has 0 bridgehead atoms. The molecule has 0 aliphatic carbocycles. The van der Waals surface area contributed by atoms with Crippen LogP contribution in [0.3, 0.4) is 0 Å². The van der Waals surface area contributed by atoms with E-state index in [1.807, 2.05) is 23.1 Å². The van der Waals surface area contributed by atoms with Gasteiger partial charge in [0.2, 0.25) is 11.8 Å². The molecule has 0 spiro atoms. The standard InChI is InChI=1S/C19H25N3O2/c1-16(23)22-14-18(15-22)19(24)21-12-10-20(11-13-21)9-5-8-17-6-3-2-4-7-17/h2-8,18H,9-15H2,1H3/b8-5+. The van der Waals surface area contributed by atoms with E-state index in [1.54, 1.807) is 11.8 Å². The summed E-state index contributed by atoms with van der Waals surface area (Å²) in [6, 6.07) is 10.3. The monoisotopic (exact) mass is 327 g/mol. The highest BCUT2D eigenvalue weighted by Crippen LogP contribution is 2.19. The van der Waals surface area contributed by atoms with Crippen molar-refractivity contribution in [2.45, 2.75) is 6.92 Å². The average Bonchev–Trinajstić information content (AvgIpc) is 2.54. The van der Waals surface area contributed by atoms with E-state index in [0.717, 1.165) is 32.7 Å². The maximum absolute atomic E-state index is 12.4. The Morgan fingerprint density at radius 1 is 1.04 bits per heavy atom. The molecule has 0 radical (unpaired) electrons. The van der Waals surface area contributed by atoms with Crippen LogP contribution in [-0.4, -0.2) is 72.3 Å². The van der Waals surface area contributed by atoms with E-state index in [2.05, 4.69) is 29.2 Å². The van der Waals surface area contributed by atoms with Gasteiger partial charge < -0.3 is 9.80 Å². The Balaban J connectivity index is 1.39. The van der Waals surface area contributed by atoms with Gasteiger partial charge in [-0.15, -0.1) is 0 Å². The number of benzene rings is 1. The molecule has 0 unspecified atom stereocenters. The van der Waals surface area contributed by atoms with Crippen molar-refractivity contribution < 1.29 is 9.59 Å². The van der Waals surface area contributed by atoms with Crippen LogP contribution in [0.5, 0.6) is 0 Å². The van der Waals surface area contributed by atoms with Gasteiger partial charge in [-0.2, -0.15) is 0 Å². The molecule has 2 amide bonds. The molecule has 5 nitrogen and oxygen atoms in total. The van der Waals surface area contributed by atoms with Crippen molar-refractivity contribution in [3.05, 3.63) is 42.0 Å². The highest BCUT2D eigenvalue weighted by atomic mass is 16.2. The Hall–Kier alpha value is -2.14. The van der Waals surface area contributed by atoms with Crippen molar-refractivity contribution in [3.63, 3.8) is 0 Å². The summed E-state index contributed by atoms with van der Waals surface area (Å²) in [7, 11) is 0. The van der Waals surface area contributed by atoms with E-state index in [9.17, 15) is 9.59 Å². The Morgan fingerprint density at radius 3 is 2.33 bits per heavy atom. The number of hydrogen-bond acceptors (Lipinski definition) is 3. The molecule has 0 N–H and O–H groups in total. The summed E-state index contributed by atoms with van der Waals surface area (Å²) >= 11 is 0. The second-order valence-corrected chi connectivity index (χ2v) is 6.56. The quantitative estimate of drug-likeness (QED) is 0.838. The molecule has 0 atom stereocenters. The van der Waals surface area contributed by atoms with Gasteiger partial charge in [0.15, 0.2) is 0 Å². The van der Waals surface area contributed by atoms with Crippen LogP contribution in [0.2, 0.25) is 0 Å². The number of hydrogen-bond donors (Lipinski definition) is 0. The Bertz CT molecular complexity index is 600. The van der Waals surface area contributed by atoms with Crippen LogP contribution in [0, 0.1) is 5.92 Å². The minimum atomic E-state index is 0.0124. The lowest BCUT2D eigenvalue weighted by Gasteiger charge is -2.42. The molecule has 3 rings (SSSR count). The van der Waals surface area contributed by atoms with Gasteiger partial charge in [0, 0.05) is 52.7 Å². The number of carbonyl (C=O) groups is 2. The van der Waals surface area contributed by atoms with Gasteiger partial charge in [-0.1, -0.05) is 42.5 Å². The Labute approximate surface area is 143 Å². The fourth-order valence-electron chi connectivity index (χ4n) is 3.20. The van der Waals surface area contributed by atoms with Crippen molar-refractivity contribution in [1.29, 1.82) is 0 Å². The van der Waals surface area contributed by atoms with E-state index in [-0.39, 0.29) is 17.7 Å². The van der Waals surface area contributed by atoms with Crippen molar-refractivity contribution in [3.8, 4) is 0 Å². The molecule has 24 heavy (non-hydrogen) atoms. The highest BCUT2D eigenvalue weighted by molar-refractivity contribution is 5.83. The van der Waals surface area contributed by atoms with Gasteiger partial charge in [0.05, 0.1) is 5.92 Å². The summed E-state index contributed by atoms with van der Waals surface area (Å²) in [5, 5.41) is 0. The fourth-order valence-corrected chi connectivity index (χ4v) is 3.20. The molecule has 0 aromatic heterocycles. The van der Waals surface area contributed by atoms with Crippen LogP contribution in [0.1, 0.15) is 12.5 Å². The number of piperazine rings is 1. The van der Waals surface area contributed by atoms with Gasteiger partial charge in [-0.3, -0.25) is 14.5 Å². The molecular formula is C19H25N3O2. The average molecular weight is 327 g/mol. The first kappa shape index (κ1) is 16.7. The molecule has 2 fully saturated rings. The van der Waals surface area contributed by atoms with Crippen molar-refractivity contribution in [2.75, 3.05) is 45.8 Å². The summed E-state index contributed by atoms with van der Waals surface area (Å²) in [4.78, 5) is 29.7. The third-order valence-corrected chi connectivity index (χ3v) is 4.83. The molecular weight excluding hydrogens is 302 g/mol. The Kier molecular flexibility index (Phi) is 5.30. The highest BCUT2D eigenvalue weighted by Gasteiger charge is 2.37. The van der Waals surface area contributed by atoms with Crippen molar-refractivity contribution in [2.24, 2.45) is 5.92 Å². The van der Waals surface area contributed by atoms with Crippen LogP contribution >= 0.6 is 0 Å². The van der Waals surface area contributed by atoms with Crippen molar-refractivity contribution in [1.82, 2.24) is 14.7 Å². The lowest BCUT2D eigenvalue weighted by atomic mass is 9.98. The zero-order chi connectivity index (χ0) is 16.9. The first-order valence-electron chi connectivity index (χ1n) is 8.62.